The van der Waals surface area contributed by atoms with Crippen molar-refractivity contribution in [1.82, 2.24) is 3.30 Å². The predicted octanol–water partition coefficient (Wildman–Crippen LogP) is 2.87. The van der Waals surface area contributed by atoms with Crippen molar-refractivity contribution in [3.63, 3.8) is 0 Å². The summed E-state index contributed by atoms with van der Waals surface area (Å²) in [5.41, 5.74) is 0. The third-order valence-corrected chi connectivity index (χ3v) is 9.48. The Balaban J connectivity index is 2.49. The summed E-state index contributed by atoms with van der Waals surface area (Å²) >= 11 is 2.28. The van der Waals surface area contributed by atoms with Crippen LogP contribution in [-0.2, 0) is 0 Å². The van der Waals surface area contributed by atoms with Crippen LogP contribution in [0.2, 0.25) is 0 Å². The predicted molar refractivity (Wildman–Crippen MR) is 83.5 cm³/mol. The fraction of sp³-hybridized carbons (Fsp3) is 0.0769. The molecule has 16 heavy (non-hydrogen) atoms. The SMILES string of the molecule is C[PH](NI)(c1ccccc1)c1ccccc1. The molecule has 2 rings (SSSR count). The Morgan fingerprint density at radius 1 is 0.812 bits per heavy atom. The Kier molecular flexibility index (Phi) is 3.95. The van der Waals surface area contributed by atoms with Crippen LogP contribution in [0.3, 0.4) is 0 Å². The van der Waals surface area contributed by atoms with Crippen molar-refractivity contribution in [1.29, 1.82) is 0 Å². The molecule has 84 valence electrons. The van der Waals surface area contributed by atoms with E-state index in [1.807, 2.05) is 0 Å². The van der Waals surface area contributed by atoms with Gasteiger partial charge in [0.05, 0.1) is 0 Å². The normalized spacial score (nSPS) is 12.4. The molecule has 2 aromatic carbocycles. The molecule has 0 amide bonds. The summed E-state index contributed by atoms with van der Waals surface area (Å²) in [7, 11) is -1.74. The standard InChI is InChI=1S/C13H15INP/c1-16(15-14,12-8-4-2-5-9-12)13-10-6-3-7-11-13/h2-11,15-16H,1H3. The average molecular weight is 343 g/mol. The average Bonchev–Trinajstić information content (AvgIpc) is 2.40. The van der Waals surface area contributed by atoms with Crippen LogP contribution in [0.15, 0.2) is 60.7 Å². The summed E-state index contributed by atoms with van der Waals surface area (Å²) in [5.74, 6) is 0. The molecule has 2 aromatic rings. The monoisotopic (exact) mass is 343 g/mol. The second kappa shape index (κ2) is 5.26. The first-order chi connectivity index (χ1) is 7.77. The van der Waals surface area contributed by atoms with Crippen LogP contribution in [0, 0.1) is 0 Å². The van der Waals surface area contributed by atoms with Gasteiger partial charge in [-0.2, -0.15) is 0 Å². The maximum atomic E-state index is 3.52. The minimum atomic E-state index is -1.74. The van der Waals surface area contributed by atoms with E-state index in [1.165, 1.54) is 10.6 Å². The van der Waals surface area contributed by atoms with Crippen molar-refractivity contribution in [3.8, 4) is 0 Å². The first-order valence-electron chi connectivity index (χ1n) is 5.26. The van der Waals surface area contributed by atoms with Gasteiger partial charge in [0.25, 0.3) is 0 Å². The molecule has 0 bridgehead atoms. The fourth-order valence-electron chi connectivity index (χ4n) is 1.82. The van der Waals surface area contributed by atoms with E-state index < -0.39 is 7.41 Å². The van der Waals surface area contributed by atoms with Crippen molar-refractivity contribution in [2.24, 2.45) is 0 Å². The first-order valence-corrected chi connectivity index (χ1v) is 8.84. The Labute approximate surface area is 111 Å². The molecule has 1 nitrogen and oxygen atoms in total. The van der Waals surface area contributed by atoms with E-state index in [-0.39, 0.29) is 0 Å². The van der Waals surface area contributed by atoms with E-state index in [4.69, 9.17) is 0 Å². The molecule has 0 fully saturated rings. The molecule has 0 heterocycles. The number of halogens is 1. The van der Waals surface area contributed by atoms with E-state index >= 15 is 0 Å². The van der Waals surface area contributed by atoms with Gasteiger partial charge in [-0.25, -0.2) is 0 Å². The molecule has 1 N–H and O–H groups in total. The third kappa shape index (κ3) is 2.29. The zero-order valence-electron chi connectivity index (χ0n) is 9.15. The van der Waals surface area contributed by atoms with Gasteiger partial charge in [0.1, 0.15) is 0 Å². The second-order valence-electron chi connectivity index (χ2n) is 3.95. The van der Waals surface area contributed by atoms with E-state index in [9.17, 15) is 0 Å². The molecule has 0 aliphatic rings. The summed E-state index contributed by atoms with van der Waals surface area (Å²) in [5, 5.41) is 2.83. The van der Waals surface area contributed by atoms with Gasteiger partial charge in [-0.05, 0) is 0 Å². The molecule has 0 aliphatic heterocycles. The van der Waals surface area contributed by atoms with Crippen LogP contribution in [-0.4, -0.2) is 6.66 Å². The summed E-state index contributed by atoms with van der Waals surface area (Å²) < 4.78 is 3.52. The number of hydrogen-bond donors (Lipinski definition) is 1. The van der Waals surface area contributed by atoms with Crippen LogP contribution in [0.1, 0.15) is 0 Å². The number of hydrogen-bond acceptors (Lipinski definition) is 1. The molecular weight excluding hydrogens is 328 g/mol. The van der Waals surface area contributed by atoms with Crippen molar-refractivity contribution >= 4 is 40.9 Å². The molecular formula is C13H15INP. The summed E-state index contributed by atoms with van der Waals surface area (Å²) in [6, 6.07) is 21.4. The quantitative estimate of drug-likeness (QED) is 0.513. The Hall–Kier alpha value is -0.440. The van der Waals surface area contributed by atoms with Crippen LogP contribution >= 0.6 is 30.3 Å². The van der Waals surface area contributed by atoms with E-state index in [0.717, 1.165) is 0 Å². The Morgan fingerprint density at radius 3 is 1.50 bits per heavy atom. The number of benzene rings is 2. The maximum absolute atomic E-state index is 3.52. The third-order valence-electron chi connectivity index (χ3n) is 2.89. The van der Waals surface area contributed by atoms with Crippen molar-refractivity contribution < 1.29 is 0 Å². The molecule has 0 unspecified atom stereocenters. The van der Waals surface area contributed by atoms with Gasteiger partial charge >= 0.3 is 112 Å². The van der Waals surface area contributed by atoms with Gasteiger partial charge in [0.2, 0.25) is 0 Å². The van der Waals surface area contributed by atoms with E-state index in [0.29, 0.717) is 0 Å². The number of rotatable bonds is 3. The molecule has 0 radical (unpaired) electrons. The summed E-state index contributed by atoms with van der Waals surface area (Å²) in [6.45, 7) is 2.34. The van der Waals surface area contributed by atoms with E-state index in [1.54, 1.807) is 0 Å². The zero-order chi connectivity index (χ0) is 11.4. The van der Waals surface area contributed by atoms with Gasteiger partial charge in [-0.1, -0.05) is 0 Å². The molecule has 0 saturated carbocycles. The molecule has 3 heteroatoms. The van der Waals surface area contributed by atoms with Crippen LogP contribution < -0.4 is 13.9 Å². The van der Waals surface area contributed by atoms with Gasteiger partial charge < -0.3 is 0 Å². The van der Waals surface area contributed by atoms with Gasteiger partial charge in [0.15, 0.2) is 0 Å². The van der Waals surface area contributed by atoms with Crippen molar-refractivity contribution in [2.45, 2.75) is 0 Å². The molecule has 0 atom stereocenters. The molecule has 0 spiro atoms. The van der Waals surface area contributed by atoms with Crippen molar-refractivity contribution in [2.75, 3.05) is 6.66 Å². The second-order valence-corrected chi connectivity index (χ2v) is 9.16. The topological polar surface area (TPSA) is 12.0 Å². The Morgan fingerprint density at radius 2 is 1.19 bits per heavy atom. The Bertz CT molecular complexity index is 405. The van der Waals surface area contributed by atoms with Crippen LogP contribution in [0.4, 0.5) is 0 Å². The molecule has 0 aliphatic carbocycles. The van der Waals surface area contributed by atoms with Gasteiger partial charge in [-0.15, -0.1) is 0 Å². The van der Waals surface area contributed by atoms with Crippen molar-refractivity contribution in [3.05, 3.63) is 60.7 Å². The zero-order valence-corrected chi connectivity index (χ0v) is 12.3. The van der Waals surface area contributed by atoms with Gasteiger partial charge in [-0.3, -0.25) is 0 Å². The van der Waals surface area contributed by atoms with Crippen LogP contribution in [0.25, 0.3) is 0 Å². The molecule has 0 aromatic heterocycles. The number of nitrogens with one attached hydrogen (secondary N) is 1. The van der Waals surface area contributed by atoms with Gasteiger partial charge in [0, 0.05) is 0 Å². The van der Waals surface area contributed by atoms with Crippen LogP contribution in [0.5, 0.6) is 0 Å². The summed E-state index contributed by atoms with van der Waals surface area (Å²) in [4.78, 5) is 0. The van der Waals surface area contributed by atoms with E-state index in [2.05, 4.69) is 93.5 Å². The molecule has 0 saturated heterocycles. The summed E-state index contributed by atoms with van der Waals surface area (Å²) in [6.07, 6.45) is 0. The first kappa shape index (κ1) is 12.0. The fourth-order valence-corrected chi connectivity index (χ4v) is 5.96. The minimum absolute atomic E-state index is 1.41.